The summed E-state index contributed by atoms with van der Waals surface area (Å²) in [7, 11) is 0. The van der Waals surface area contributed by atoms with Gasteiger partial charge in [0.2, 0.25) is 0 Å². The summed E-state index contributed by atoms with van der Waals surface area (Å²) >= 11 is 0. The van der Waals surface area contributed by atoms with Crippen LogP contribution in [0.1, 0.15) is 58.8 Å². The molecule has 0 aromatic rings. The molecule has 8 atom stereocenters. The monoisotopic (exact) mass is 344 g/mol. The third kappa shape index (κ3) is 1.98. The molecule has 5 rings (SSSR count). The van der Waals surface area contributed by atoms with E-state index in [2.05, 4.69) is 13.8 Å². The lowest BCUT2D eigenvalue weighted by molar-refractivity contribution is -0.158. The SMILES string of the molecule is C[C@]12CC[C@H](O)C[C@H]1CC[C@@H]1[C@@H]2C(=O)C[C@]2(C)C3=CC(=O)O[C@@H]3C[C@@H]12. The quantitative estimate of drug-likeness (QED) is 0.686. The first kappa shape index (κ1) is 16.0. The molecule has 136 valence electrons. The van der Waals surface area contributed by atoms with Gasteiger partial charge >= 0.3 is 5.97 Å². The minimum Gasteiger partial charge on any atom is -0.455 e. The summed E-state index contributed by atoms with van der Waals surface area (Å²) in [6.45, 7) is 4.51. The van der Waals surface area contributed by atoms with Crippen molar-refractivity contribution in [1.29, 1.82) is 0 Å². The van der Waals surface area contributed by atoms with Crippen LogP contribution in [0.2, 0.25) is 0 Å². The standard InChI is InChI=1S/C21H28O4/c1-20-6-5-12(22)7-11(20)3-4-13-14-8-17-15(9-18(24)25-17)21(14,2)10-16(23)19(13)20/h9,11-14,17,19,22H,3-8,10H2,1-2H3/t11-,12+,13+,14+,17-,19-,20+,21+/m1/s1. The lowest BCUT2D eigenvalue weighted by Crippen LogP contribution is -2.57. The van der Waals surface area contributed by atoms with E-state index in [-0.39, 0.29) is 34.9 Å². The number of aliphatic hydroxyl groups is 1. The highest BCUT2D eigenvalue weighted by molar-refractivity contribution is 5.89. The van der Waals surface area contributed by atoms with Gasteiger partial charge in [-0.2, -0.15) is 0 Å². The molecular weight excluding hydrogens is 316 g/mol. The van der Waals surface area contributed by atoms with Crippen LogP contribution >= 0.6 is 0 Å². The molecule has 0 bridgehead atoms. The van der Waals surface area contributed by atoms with Gasteiger partial charge in [-0.1, -0.05) is 13.8 Å². The van der Waals surface area contributed by atoms with Crippen molar-refractivity contribution in [1.82, 2.24) is 0 Å². The Labute approximate surface area is 149 Å². The van der Waals surface area contributed by atoms with Gasteiger partial charge in [-0.15, -0.1) is 0 Å². The summed E-state index contributed by atoms with van der Waals surface area (Å²) in [5.74, 6) is 1.63. The van der Waals surface area contributed by atoms with Crippen molar-refractivity contribution in [2.24, 2.45) is 34.5 Å². The topological polar surface area (TPSA) is 63.6 Å². The maximum absolute atomic E-state index is 13.4. The zero-order chi connectivity index (χ0) is 17.6. The molecule has 0 saturated heterocycles. The predicted octanol–water partition coefficient (Wildman–Crippen LogP) is 3.03. The zero-order valence-electron chi connectivity index (χ0n) is 15.2. The molecule has 4 nitrogen and oxygen atoms in total. The second kappa shape index (κ2) is 4.97. The largest absolute Gasteiger partial charge is 0.455 e. The number of hydrogen-bond acceptors (Lipinski definition) is 4. The van der Waals surface area contributed by atoms with E-state index in [4.69, 9.17) is 4.74 Å². The molecule has 5 aliphatic rings. The van der Waals surface area contributed by atoms with Crippen molar-refractivity contribution in [3.8, 4) is 0 Å². The van der Waals surface area contributed by atoms with Crippen molar-refractivity contribution in [2.45, 2.75) is 71.0 Å². The van der Waals surface area contributed by atoms with E-state index < -0.39 is 0 Å². The molecule has 0 radical (unpaired) electrons. The normalized spacial score (nSPS) is 54.1. The van der Waals surface area contributed by atoms with Gasteiger partial charge in [0, 0.05) is 23.8 Å². The van der Waals surface area contributed by atoms with Crippen molar-refractivity contribution in [2.75, 3.05) is 0 Å². The predicted molar refractivity (Wildman–Crippen MR) is 91.5 cm³/mol. The molecular formula is C21H28O4. The summed E-state index contributed by atoms with van der Waals surface area (Å²) in [5.41, 5.74) is 0.941. The lowest BCUT2D eigenvalue weighted by Gasteiger charge is -2.59. The van der Waals surface area contributed by atoms with Gasteiger partial charge < -0.3 is 9.84 Å². The Balaban J connectivity index is 1.53. The summed E-state index contributed by atoms with van der Waals surface area (Å²) in [4.78, 5) is 25.1. The number of aliphatic hydroxyl groups excluding tert-OH is 1. The Morgan fingerprint density at radius 3 is 2.76 bits per heavy atom. The zero-order valence-corrected chi connectivity index (χ0v) is 15.2. The number of ketones is 1. The minimum absolute atomic E-state index is 0.0450. The second-order valence-corrected chi connectivity index (χ2v) is 9.78. The van der Waals surface area contributed by atoms with E-state index in [0.29, 0.717) is 30.0 Å². The van der Waals surface area contributed by atoms with Crippen LogP contribution in [-0.4, -0.2) is 29.1 Å². The van der Waals surface area contributed by atoms with Gasteiger partial charge in [0.25, 0.3) is 0 Å². The van der Waals surface area contributed by atoms with E-state index in [1.165, 1.54) is 0 Å². The van der Waals surface area contributed by atoms with E-state index >= 15 is 0 Å². The highest BCUT2D eigenvalue weighted by atomic mass is 16.5. The first-order chi connectivity index (χ1) is 11.8. The van der Waals surface area contributed by atoms with Crippen LogP contribution in [0, 0.1) is 34.5 Å². The third-order valence-corrected chi connectivity index (χ3v) is 8.72. The molecule has 1 heterocycles. The van der Waals surface area contributed by atoms with Gasteiger partial charge in [0.1, 0.15) is 11.9 Å². The van der Waals surface area contributed by atoms with Crippen LogP contribution in [0.4, 0.5) is 0 Å². The van der Waals surface area contributed by atoms with Crippen molar-refractivity contribution < 1.29 is 19.4 Å². The summed E-state index contributed by atoms with van der Waals surface area (Å²) < 4.78 is 5.53. The molecule has 25 heavy (non-hydrogen) atoms. The maximum atomic E-state index is 13.4. The second-order valence-electron chi connectivity index (χ2n) is 9.78. The molecule has 0 spiro atoms. The molecule has 1 N–H and O–H groups in total. The minimum atomic E-state index is -0.230. The van der Waals surface area contributed by atoms with Gasteiger partial charge in [-0.05, 0) is 67.3 Å². The van der Waals surface area contributed by atoms with E-state index in [9.17, 15) is 14.7 Å². The van der Waals surface area contributed by atoms with Crippen LogP contribution in [-0.2, 0) is 14.3 Å². The van der Waals surface area contributed by atoms with Crippen molar-refractivity contribution in [3.05, 3.63) is 11.6 Å². The number of fused-ring (bicyclic) bond motifs is 7. The number of rotatable bonds is 0. The van der Waals surface area contributed by atoms with E-state index in [1.54, 1.807) is 6.08 Å². The van der Waals surface area contributed by atoms with Gasteiger partial charge in [0.15, 0.2) is 0 Å². The number of carbonyl (C=O) groups excluding carboxylic acids is 2. The van der Waals surface area contributed by atoms with Gasteiger partial charge in [-0.25, -0.2) is 4.79 Å². The Morgan fingerprint density at radius 2 is 1.96 bits per heavy atom. The summed E-state index contributed by atoms with van der Waals surface area (Å²) in [5, 5.41) is 10.1. The molecule has 4 heteroatoms. The Morgan fingerprint density at radius 1 is 1.16 bits per heavy atom. The number of ether oxygens (including phenoxy) is 1. The first-order valence-electron chi connectivity index (χ1n) is 9.96. The highest BCUT2D eigenvalue weighted by Gasteiger charge is 2.64. The average molecular weight is 344 g/mol. The molecule has 0 unspecified atom stereocenters. The molecule has 4 saturated carbocycles. The molecule has 4 fully saturated rings. The molecule has 1 aliphatic heterocycles. The lowest BCUT2D eigenvalue weighted by atomic mass is 9.44. The van der Waals surface area contributed by atoms with Crippen LogP contribution in [0.5, 0.6) is 0 Å². The van der Waals surface area contributed by atoms with E-state index in [1.807, 2.05) is 0 Å². The fraction of sp³-hybridized carbons (Fsp3) is 0.810. The van der Waals surface area contributed by atoms with Crippen molar-refractivity contribution >= 4 is 11.8 Å². The third-order valence-electron chi connectivity index (χ3n) is 8.72. The van der Waals surface area contributed by atoms with Gasteiger partial charge in [-0.3, -0.25) is 4.79 Å². The molecule has 0 aromatic carbocycles. The molecule has 0 amide bonds. The Hall–Kier alpha value is -1.16. The highest BCUT2D eigenvalue weighted by Crippen LogP contribution is 2.67. The summed E-state index contributed by atoms with van der Waals surface area (Å²) in [6, 6.07) is 0. The van der Waals surface area contributed by atoms with Crippen LogP contribution in [0.15, 0.2) is 11.6 Å². The van der Waals surface area contributed by atoms with Crippen LogP contribution in [0.25, 0.3) is 0 Å². The number of hydrogen-bond donors (Lipinski definition) is 1. The fourth-order valence-corrected chi connectivity index (χ4v) is 7.57. The Bertz CT molecular complexity index is 681. The number of esters is 1. The fourth-order valence-electron chi connectivity index (χ4n) is 7.57. The van der Waals surface area contributed by atoms with Gasteiger partial charge in [0.05, 0.1) is 6.10 Å². The molecule has 4 aliphatic carbocycles. The molecule has 0 aromatic heterocycles. The summed E-state index contributed by atoms with van der Waals surface area (Å²) in [6.07, 6.45) is 7.71. The Kier molecular flexibility index (Phi) is 3.19. The van der Waals surface area contributed by atoms with Crippen LogP contribution in [0.3, 0.4) is 0 Å². The average Bonchev–Trinajstić information content (AvgIpc) is 3.03. The van der Waals surface area contributed by atoms with Crippen LogP contribution < -0.4 is 0 Å². The maximum Gasteiger partial charge on any atom is 0.331 e. The first-order valence-corrected chi connectivity index (χ1v) is 9.96. The number of Topliss-reactive ketones (excluding diaryl/α,β-unsaturated/α-hetero) is 1. The smallest absolute Gasteiger partial charge is 0.331 e. The van der Waals surface area contributed by atoms with E-state index in [0.717, 1.165) is 44.1 Å². The number of carbonyl (C=O) groups is 2. The van der Waals surface area contributed by atoms with Crippen molar-refractivity contribution in [3.63, 3.8) is 0 Å².